The number of aryl methyl sites for hydroxylation is 2. The zero-order valence-electron chi connectivity index (χ0n) is 12.6. The van der Waals surface area contributed by atoms with E-state index in [0.717, 1.165) is 12.1 Å². The second-order valence-electron chi connectivity index (χ2n) is 5.26. The quantitative estimate of drug-likeness (QED) is 0.384. The summed E-state index contributed by atoms with van der Waals surface area (Å²) in [5, 5.41) is 3.59. The highest BCUT2D eigenvalue weighted by atomic mass is 35.5. The van der Waals surface area contributed by atoms with Crippen LogP contribution in [-0.4, -0.2) is 29.0 Å². The molecule has 4 N–H and O–H groups in total. The van der Waals surface area contributed by atoms with Gasteiger partial charge in [-0.2, -0.15) is 17.6 Å². The second-order valence-corrected chi connectivity index (χ2v) is 6.21. The summed E-state index contributed by atoms with van der Waals surface area (Å²) >= 11 is 9.46. The summed E-state index contributed by atoms with van der Waals surface area (Å²) < 4.78 is 53.9. The van der Waals surface area contributed by atoms with Crippen molar-refractivity contribution in [2.24, 2.45) is 5.73 Å². The molecule has 1 aromatic carbocycles. The molecule has 0 bridgehead atoms. The van der Waals surface area contributed by atoms with Crippen molar-refractivity contribution >= 4 is 28.9 Å². The number of rotatable bonds is 7. The summed E-state index contributed by atoms with van der Waals surface area (Å²) in [6.07, 6.45) is 0.671. The number of nitrogens with two attached hydrogens (primary N) is 1. The molecule has 0 radical (unpaired) electrons. The first kappa shape index (κ1) is 20.3. The first-order valence-electron chi connectivity index (χ1n) is 6.77. The van der Waals surface area contributed by atoms with Crippen molar-refractivity contribution in [1.82, 2.24) is 0 Å². The van der Waals surface area contributed by atoms with Crippen LogP contribution in [0.15, 0.2) is 12.1 Å². The number of halogens is 6. The Kier molecular flexibility index (Phi) is 6.18. The number of nitrogens with one attached hydrogen (secondary N) is 1. The fourth-order valence-corrected chi connectivity index (χ4v) is 2.76. The predicted molar refractivity (Wildman–Crippen MR) is 83.6 cm³/mol. The van der Waals surface area contributed by atoms with Crippen LogP contribution in [0.4, 0.5) is 23.2 Å². The summed E-state index contributed by atoms with van der Waals surface area (Å²) in [5.41, 5.74) is 1.92. The van der Waals surface area contributed by atoms with Gasteiger partial charge in [0.2, 0.25) is 5.60 Å². The van der Waals surface area contributed by atoms with Gasteiger partial charge in [0.15, 0.2) is 0 Å². The van der Waals surface area contributed by atoms with E-state index in [9.17, 15) is 22.7 Å². The molecule has 0 aromatic heterocycles. The van der Waals surface area contributed by atoms with E-state index < -0.39 is 21.9 Å². The normalized spacial score (nSPS) is 13.3. The van der Waals surface area contributed by atoms with Gasteiger partial charge in [0, 0.05) is 12.2 Å². The van der Waals surface area contributed by atoms with Gasteiger partial charge in [-0.25, -0.2) is 0 Å². The largest absolute Gasteiger partial charge is 0.385 e. The molecule has 0 unspecified atom stereocenters. The molecule has 0 saturated heterocycles. The number of hydrogen-bond acceptors (Lipinski definition) is 3. The average Bonchev–Trinajstić information content (AvgIpc) is 2.38. The number of hydrogen-bond donors (Lipinski definition) is 3. The van der Waals surface area contributed by atoms with Gasteiger partial charge in [-0.15, -0.1) is 0 Å². The summed E-state index contributed by atoms with van der Waals surface area (Å²) in [7, 11) is 0. The van der Waals surface area contributed by atoms with Crippen LogP contribution in [0.2, 0.25) is 0 Å². The lowest BCUT2D eigenvalue weighted by atomic mass is 9.90. The summed E-state index contributed by atoms with van der Waals surface area (Å²) in [4.78, 5) is 0. The van der Waals surface area contributed by atoms with Gasteiger partial charge < -0.3 is 16.2 Å². The molecular weight excluding hydrogens is 359 g/mol. The molecule has 0 heterocycles. The molecule has 23 heavy (non-hydrogen) atoms. The molecule has 0 amide bonds. The van der Waals surface area contributed by atoms with Crippen LogP contribution < -0.4 is 11.1 Å². The van der Waals surface area contributed by atoms with Gasteiger partial charge in [-0.05, 0) is 66.7 Å². The number of alkyl halides is 6. The minimum Gasteiger partial charge on any atom is -0.385 e. The maximum absolute atomic E-state index is 13.5. The summed E-state index contributed by atoms with van der Waals surface area (Å²) in [6, 6.07) is 2.01. The standard InChI is InChI=1S/C14H18Cl2F4N2O/c1-8-6-10(7-9(2)11(8)22-5-3-4-21)12(23,13(15,17)18)14(16,19)20/h6-7,22-23H,3-5,21H2,1-2H3. The lowest BCUT2D eigenvalue weighted by Crippen LogP contribution is -2.52. The Morgan fingerprint density at radius 2 is 1.52 bits per heavy atom. The molecule has 0 aliphatic heterocycles. The van der Waals surface area contributed by atoms with Gasteiger partial charge in [0.1, 0.15) is 0 Å². The Bertz CT molecular complexity index is 522. The molecule has 3 nitrogen and oxygen atoms in total. The second kappa shape index (κ2) is 7.01. The fourth-order valence-electron chi connectivity index (χ4n) is 2.25. The minimum absolute atomic E-state index is 0.386. The third-order valence-corrected chi connectivity index (χ3v) is 4.00. The highest BCUT2D eigenvalue weighted by Gasteiger charge is 2.68. The lowest BCUT2D eigenvalue weighted by Gasteiger charge is -2.36. The lowest BCUT2D eigenvalue weighted by molar-refractivity contribution is -0.224. The third-order valence-electron chi connectivity index (χ3n) is 3.45. The number of aliphatic hydroxyl groups is 1. The van der Waals surface area contributed by atoms with E-state index in [4.69, 9.17) is 28.9 Å². The monoisotopic (exact) mass is 376 g/mol. The third kappa shape index (κ3) is 4.02. The SMILES string of the molecule is Cc1cc(C(O)(C(F)(F)Cl)C(F)(F)Cl)cc(C)c1NCCCN. The van der Waals surface area contributed by atoms with E-state index in [1.54, 1.807) is 0 Å². The Labute approximate surface area is 141 Å². The smallest absolute Gasteiger partial charge is 0.361 e. The van der Waals surface area contributed by atoms with Crippen LogP contribution in [0.1, 0.15) is 23.1 Å². The van der Waals surface area contributed by atoms with E-state index >= 15 is 0 Å². The topological polar surface area (TPSA) is 58.3 Å². The van der Waals surface area contributed by atoms with E-state index in [0.29, 0.717) is 36.3 Å². The van der Waals surface area contributed by atoms with Gasteiger partial charge in [-0.3, -0.25) is 0 Å². The molecule has 1 rings (SSSR count). The highest BCUT2D eigenvalue weighted by molar-refractivity contribution is 6.26. The highest BCUT2D eigenvalue weighted by Crippen LogP contribution is 2.53. The number of anilines is 1. The molecule has 0 fully saturated rings. The molecule has 0 aliphatic rings. The molecule has 0 saturated carbocycles. The van der Waals surface area contributed by atoms with Crippen molar-refractivity contribution in [2.75, 3.05) is 18.4 Å². The first-order chi connectivity index (χ1) is 10.4. The zero-order valence-corrected chi connectivity index (χ0v) is 14.1. The maximum Gasteiger partial charge on any atom is 0.361 e. The van der Waals surface area contributed by atoms with Crippen molar-refractivity contribution < 1.29 is 22.7 Å². The van der Waals surface area contributed by atoms with E-state index in [1.165, 1.54) is 13.8 Å². The molecular formula is C14H18Cl2F4N2O. The van der Waals surface area contributed by atoms with Crippen LogP contribution in [0, 0.1) is 13.8 Å². The first-order valence-corrected chi connectivity index (χ1v) is 7.53. The average molecular weight is 377 g/mol. The Morgan fingerprint density at radius 1 is 1.09 bits per heavy atom. The van der Waals surface area contributed by atoms with Crippen LogP contribution >= 0.6 is 23.2 Å². The molecule has 0 aliphatic carbocycles. The molecule has 9 heteroatoms. The van der Waals surface area contributed by atoms with Crippen LogP contribution in [0.3, 0.4) is 0 Å². The van der Waals surface area contributed by atoms with Crippen molar-refractivity contribution in [3.63, 3.8) is 0 Å². The minimum atomic E-state index is -4.67. The predicted octanol–water partition coefficient (Wildman–Crippen LogP) is 3.91. The summed E-state index contributed by atoms with van der Waals surface area (Å²) in [5.74, 6) is 0. The zero-order chi connectivity index (χ0) is 18.1. The van der Waals surface area contributed by atoms with Gasteiger partial charge in [-0.1, -0.05) is 12.1 Å². The van der Waals surface area contributed by atoms with Crippen LogP contribution in [0.25, 0.3) is 0 Å². The van der Waals surface area contributed by atoms with Crippen LogP contribution in [-0.2, 0) is 5.60 Å². The molecule has 132 valence electrons. The van der Waals surface area contributed by atoms with Gasteiger partial charge >= 0.3 is 10.8 Å². The van der Waals surface area contributed by atoms with E-state index in [-0.39, 0.29) is 0 Å². The maximum atomic E-state index is 13.5. The van der Waals surface area contributed by atoms with Crippen molar-refractivity contribution in [3.8, 4) is 0 Å². The summed E-state index contributed by atoms with van der Waals surface area (Å²) in [6.45, 7) is 4.04. The fraction of sp³-hybridized carbons (Fsp3) is 0.571. The van der Waals surface area contributed by atoms with Crippen molar-refractivity contribution in [3.05, 3.63) is 28.8 Å². The van der Waals surface area contributed by atoms with Crippen molar-refractivity contribution in [1.29, 1.82) is 0 Å². The van der Waals surface area contributed by atoms with Gasteiger partial charge in [0.25, 0.3) is 0 Å². The van der Waals surface area contributed by atoms with Crippen molar-refractivity contribution in [2.45, 2.75) is 36.6 Å². The Morgan fingerprint density at radius 3 is 1.87 bits per heavy atom. The van der Waals surface area contributed by atoms with E-state index in [1.807, 2.05) is 0 Å². The van der Waals surface area contributed by atoms with Gasteiger partial charge in [0.05, 0.1) is 0 Å². The molecule has 0 spiro atoms. The van der Waals surface area contributed by atoms with Crippen LogP contribution in [0.5, 0.6) is 0 Å². The number of benzene rings is 1. The van der Waals surface area contributed by atoms with E-state index in [2.05, 4.69) is 5.32 Å². The Balaban J connectivity index is 3.38. The Hall–Kier alpha value is -0.760. The molecule has 1 aromatic rings. The molecule has 0 atom stereocenters.